The summed E-state index contributed by atoms with van der Waals surface area (Å²) in [4.78, 5) is 0. The summed E-state index contributed by atoms with van der Waals surface area (Å²) < 4.78 is 12.9. The van der Waals surface area contributed by atoms with E-state index in [9.17, 15) is 0 Å². The zero-order chi connectivity index (χ0) is 30.8. The van der Waals surface area contributed by atoms with Crippen molar-refractivity contribution < 1.29 is 4.74 Å². The van der Waals surface area contributed by atoms with Gasteiger partial charge in [-0.15, -0.1) is 0 Å². The molecule has 0 amide bonds. The van der Waals surface area contributed by atoms with Gasteiger partial charge in [0.1, 0.15) is 0 Å². The third-order valence-corrected chi connectivity index (χ3v) is 28.3. The summed E-state index contributed by atoms with van der Waals surface area (Å²) in [7, 11) is -1.47. The van der Waals surface area contributed by atoms with Gasteiger partial charge in [0, 0.05) is 0 Å². The van der Waals surface area contributed by atoms with Crippen LogP contribution in [0.25, 0.3) is 0 Å². The van der Waals surface area contributed by atoms with Crippen LogP contribution in [0, 0.1) is 23.3 Å². The Kier molecular flexibility index (Phi) is 12.7. The zero-order valence-corrected chi connectivity index (χ0v) is 31.7. The molecule has 1 aliphatic rings. The summed E-state index contributed by atoms with van der Waals surface area (Å²) in [6, 6.07) is 32.8. The van der Waals surface area contributed by atoms with E-state index in [1.54, 1.807) is 13.3 Å². The molecule has 1 saturated carbocycles. The third-order valence-electron chi connectivity index (χ3n) is 9.61. The van der Waals surface area contributed by atoms with Gasteiger partial charge in [-0.05, 0) is 0 Å². The molecule has 3 aromatic rings. The number of rotatable bonds is 16. The molecule has 0 unspecified atom stereocenters. The Morgan fingerprint density at radius 1 is 0.651 bits per heavy atom. The molecule has 3 atom stereocenters. The first-order chi connectivity index (χ1) is 20.8. The van der Waals surface area contributed by atoms with E-state index in [0.717, 1.165) is 10.5 Å². The van der Waals surface area contributed by atoms with E-state index in [0.29, 0.717) is 11.8 Å². The third kappa shape index (κ3) is 8.47. The van der Waals surface area contributed by atoms with Gasteiger partial charge in [-0.25, -0.2) is 0 Å². The van der Waals surface area contributed by atoms with Gasteiger partial charge < -0.3 is 0 Å². The van der Waals surface area contributed by atoms with Crippen LogP contribution in [0.1, 0.15) is 76.0 Å². The molecule has 1 aliphatic carbocycles. The van der Waals surface area contributed by atoms with Crippen molar-refractivity contribution >= 4 is 26.5 Å². The van der Waals surface area contributed by atoms with Crippen LogP contribution in [0.3, 0.4) is 0 Å². The molecule has 0 aromatic heterocycles. The first kappa shape index (κ1) is 34.1. The molecule has 0 N–H and O–H groups in total. The molecule has 0 bridgehead atoms. The molecular formula is C40H56OSiSn. The summed E-state index contributed by atoms with van der Waals surface area (Å²) in [6.45, 7) is 15.1. The van der Waals surface area contributed by atoms with Crippen molar-refractivity contribution in [1.29, 1.82) is 0 Å². The van der Waals surface area contributed by atoms with Gasteiger partial charge in [-0.2, -0.15) is 0 Å². The molecular weight excluding hydrogens is 643 g/mol. The van der Waals surface area contributed by atoms with Crippen LogP contribution in [-0.4, -0.2) is 33.1 Å². The predicted octanol–water partition coefficient (Wildman–Crippen LogP) is 11.3. The summed E-state index contributed by atoms with van der Waals surface area (Å²) in [6.07, 6.45) is 8.16. The SMILES string of the molecule is CCC[CH2][Sn]([CH2]CCC)([CH2]CCC)[C@H]1[C@H](C#C[Si](C)(C)C)[C@H]1COC(c1ccccc1)(c1ccccc1)c1ccccc1. The number of ether oxygens (including phenoxy) is 1. The number of benzene rings is 3. The summed E-state index contributed by atoms with van der Waals surface area (Å²) in [5.74, 6) is 5.05. The Balaban J connectivity index is 1.79. The van der Waals surface area contributed by atoms with Crippen LogP contribution < -0.4 is 0 Å². The van der Waals surface area contributed by atoms with Crippen LogP contribution in [0.5, 0.6) is 0 Å². The Bertz CT molecular complexity index is 1170. The van der Waals surface area contributed by atoms with Crippen LogP contribution in [0.2, 0.25) is 36.9 Å². The van der Waals surface area contributed by atoms with Crippen molar-refractivity contribution in [3.63, 3.8) is 0 Å². The maximum atomic E-state index is 7.49. The topological polar surface area (TPSA) is 9.23 Å². The first-order valence-electron chi connectivity index (χ1n) is 17.1. The fourth-order valence-corrected chi connectivity index (χ4v) is 28.3. The van der Waals surface area contributed by atoms with E-state index in [4.69, 9.17) is 4.74 Å². The molecule has 1 fully saturated rings. The van der Waals surface area contributed by atoms with Gasteiger partial charge in [-0.1, -0.05) is 0 Å². The molecule has 4 rings (SSSR count). The van der Waals surface area contributed by atoms with E-state index in [1.807, 2.05) is 0 Å². The van der Waals surface area contributed by atoms with E-state index in [-0.39, 0.29) is 0 Å². The van der Waals surface area contributed by atoms with E-state index in [2.05, 4.69) is 143 Å². The average Bonchev–Trinajstić information content (AvgIpc) is 3.75. The standard InChI is InChI=1S/C28H29OSi.3C4H9.Sn/c1-30(2,3)20-19-23-21-24(23)22-29-28(25-13-7-4-8-14-25,26-15-9-5-10-16-26)27-17-11-6-12-18-27;3*1-3-4-2;/h4-18,21,23-24H,22H2,1-3H3;3*1,3-4H2,2H3;/t23-,24+;;;;/m0..../s1. The minimum atomic E-state index is -2.53. The second kappa shape index (κ2) is 16.0. The van der Waals surface area contributed by atoms with Crippen molar-refractivity contribution in [2.24, 2.45) is 11.8 Å². The number of unbranched alkanes of at least 4 members (excludes halogenated alkanes) is 3. The molecule has 0 radical (unpaired) electrons. The molecule has 43 heavy (non-hydrogen) atoms. The van der Waals surface area contributed by atoms with Gasteiger partial charge in [0.25, 0.3) is 0 Å². The minimum absolute atomic E-state index is 0.521. The monoisotopic (exact) mass is 700 g/mol. The Morgan fingerprint density at radius 3 is 1.40 bits per heavy atom. The summed E-state index contributed by atoms with van der Waals surface area (Å²) in [5, 5.41) is 0. The fraction of sp³-hybridized carbons (Fsp3) is 0.500. The average molecular weight is 700 g/mol. The van der Waals surface area contributed by atoms with Gasteiger partial charge in [0.2, 0.25) is 0 Å². The first-order valence-corrected chi connectivity index (χ1v) is 28.3. The second-order valence-corrected chi connectivity index (χ2v) is 32.7. The summed E-state index contributed by atoms with van der Waals surface area (Å²) >= 11 is -2.53. The van der Waals surface area contributed by atoms with Crippen molar-refractivity contribution in [2.45, 2.75) is 102 Å². The van der Waals surface area contributed by atoms with Crippen LogP contribution >= 0.6 is 0 Å². The van der Waals surface area contributed by atoms with Crippen LogP contribution in [0.4, 0.5) is 0 Å². The Morgan fingerprint density at radius 2 is 1.05 bits per heavy atom. The van der Waals surface area contributed by atoms with Gasteiger partial charge in [-0.3, -0.25) is 0 Å². The van der Waals surface area contributed by atoms with Crippen LogP contribution in [0.15, 0.2) is 91.0 Å². The number of hydrogen-bond acceptors (Lipinski definition) is 1. The molecule has 3 aromatic carbocycles. The van der Waals surface area contributed by atoms with Gasteiger partial charge >= 0.3 is 271 Å². The normalized spacial score (nSPS) is 18.6. The maximum absolute atomic E-state index is 7.49. The quantitative estimate of drug-likeness (QED) is 0.0822. The van der Waals surface area contributed by atoms with Crippen molar-refractivity contribution in [2.75, 3.05) is 6.61 Å². The van der Waals surface area contributed by atoms with Gasteiger partial charge in [0.15, 0.2) is 0 Å². The molecule has 0 saturated heterocycles. The Labute approximate surface area is 269 Å². The predicted molar refractivity (Wildman–Crippen MR) is 192 cm³/mol. The van der Waals surface area contributed by atoms with Crippen molar-refractivity contribution in [1.82, 2.24) is 0 Å². The van der Waals surface area contributed by atoms with E-state index >= 15 is 0 Å². The Hall–Kier alpha value is -1.80. The molecule has 0 heterocycles. The van der Waals surface area contributed by atoms with E-state index < -0.39 is 32.1 Å². The molecule has 230 valence electrons. The molecule has 0 spiro atoms. The molecule has 3 heteroatoms. The zero-order valence-electron chi connectivity index (χ0n) is 27.9. The van der Waals surface area contributed by atoms with Crippen LogP contribution in [-0.2, 0) is 10.3 Å². The molecule has 0 aliphatic heterocycles. The fourth-order valence-electron chi connectivity index (χ4n) is 7.36. The van der Waals surface area contributed by atoms with Gasteiger partial charge in [0.05, 0.1) is 0 Å². The van der Waals surface area contributed by atoms with E-state index in [1.165, 1.54) is 55.2 Å². The number of hydrogen-bond donors (Lipinski definition) is 0. The van der Waals surface area contributed by atoms with Crippen molar-refractivity contribution in [3.05, 3.63) is 108 Å². The summed E-state index contributed by atoms with van der Waals surface area (Å²) in [5.41, 5.74) is 6.80. The second-order valence-electron chi connectivity index (χ2n) is 14.0. The van der Waals surface area contributed by atoms with Crippen molar-refractivity contribution in [3.8, 4) is 11.5 Å². The molecule has 1 nitrogen and oxygen atoms in total.